The molecule has 0 spiro atoms. The summed E-state index contributed by atoms with van der Waals surface area (Å²) in [5, 5.41) is 14.7. The lowest BCUT2D eigenvalue weighted by Crippen LogP contribution is -2.34. The van der Waals surface area contributed by atoms with Gasteiger partial charge in [0.25, 0.3) is 11.8 Å². The Labute approximate surface area is 215 Å². The third-order valence-electron chi connectivity index (χ3n) is 6.21. The Balaban J connectivity index is 1.18. The zero-order chi connectivity index (χ0) is 26.0. The minimum absolute atomic E-state index is 0.00974. The summed E-state index contributed by atoms with van der Waals surface area (Å²) in [4.78, 5) is 36.0. The van der Waals surface area contributed by atoms with Gasteiger partial charge in [0, 0.05) is 24.2 Å². The quantitative estimate of drug-likeness (QED) is 0.348. The van der Waals surface area contributed by atoms with Crippen LogP contribution < -0.4 is 20.1 Å². The molecule has 2 amide bonds. The summed E-state index contributed by atoms with van der Waals surface area (Å²) in [7, 11) is 0. The van der Waals surface area contributed by atoms with Gasteiger partial charge in [-0.05, 0) is 80.3 Å². The van der Waals surface area contributed by atoms with Crippen LogP contribution in [0.15, 0.2) is 78.9 Å². The van der Waals surface area contributed by atoms with E-state index in [0.29, 0.717) is 54.1 Å². The maximum absolute atomic E-state index is 12.5. The number of benzene rings is 3. The highest BCUT2D eigenvalue weighted by atomic mass is 16.5. The fourth-order valence-electron chi connectivity index (χ4n) is 4.19. The molecule has 0 aliphatic heterocycles. The van der Waals surface area contributed by atoms with E-state index in [-0.39, 0.29) is 36.9 Å². The fraction of sp³-hybridized carbons (Fsp3) is 0.276. The molecule has 0 unspecified atom stereocenters. The Morgan fingerprint density at radius 2 is 1.32 bits per heavy atom. The SMILES string of the molecule is O=C(NCCNC(=O)c1cccc(Oc2ccccc2)c1)c1ccc(O[C@H]2CC[C@@H](C(=O)O)CC2)cc1. The van der Waals surface area contributed by atoms with Gasteiger partial charge in [-0.2, -0.15) is 0 Å². The number of carboxylic acids is 1. The lowest BCUT2D eigenvalue weighted by Gasteiger charge is -2.26. The van der Waals surface area contributed by atoms with E-state index in [1.54, 1.807) is 48.5 Å². The number of carboxylic acid groups (broad SMARTS) is 1. The van der Waals surface area contributed by atoms with Gasteiger partial charge in [-0.3, -0.25) is 14.4 Å². The number of carbonyl (C=O) groups excluding carboxylic acids is 2. The second-order valence-corrected chi connectivity index (χ2v) is 8.91. The minimum atomic E-state index is -0.740. The Bertz CT molecular complexity index is 1200. The molecule has 8 nitrogen and oxygen atoms in total. The van der Waals surface area contributed by atoms with Crippen LogP contribution in [0.5, 0.6) is 17.2 Å². The molecule has 1 saturated carbocycles. The van der Waals surface area contributed by atoms with E-state index in [9.17, 15) is 14.4 Å². The molecule has 8 heteroatoms. The lowest BCUT2D eigenvalue weighted by atomic mass is 9.87. The predicted octanol–water partition coefficient (Wildman–Crippen LogP) is 4.66. The second-order valence-electron chi connectivity index (χ2n) is 8.91. The van der Waals surface area contributed by atoms with Gasteiger partial charge in [0.1, 0.15) is 17.2 Å². The minimum Gasteiger partial charge on any atom is -0.490 e. The van der Waals surface area contributed by atoms with Crippen molar-refractivity contribution in [3.63, 3.8) is 0 Å². The number of amides is 2. The van der Waals surface area contributed by atoms with Crippen molar-refractivity contribution < 1.29 is 29.0 Å². The van der Waals surface area contributed by atoms with Crippen LogP contribution in [-0.2, 0) is 4.79 Å². The molecule has 4 rings (SSSR count). The molecule has 1 aliphatic rings. The highest BCUT2D eigenvalue weighted by Gasteiger charge is 2.26. The molecule has 37 heavy (non-hydrogen) atoms. The summed E-state index contributed by atoms with van der Waals surface area (Å²) in [5.41, 5.74) is 0.950. The second kappa shape index (κ2) is 12.6. The van der Waals surface area contributed by atoms with E-state index in [0.717, 1.165) is 0 Å². The lowest BCUT2D eigenvalue weighted by molar-refractivity contribution is -0.143. The maximum atomic E-state index is 12.5. The first kappa shape index (κ1) is 25.8. The number of carbonyl (C=O) groups is 3. The zero-order valence-electron chi connectivity index (χ0n) is 20.4. The molecule has 1 aliphatic carbocycles. The molecular weight excluding hydrogens is 472 g/mol. The number of hydrogen-bond donors (Lipinski definition) is 3. The number of aliphatic carboxylic acids is 1. The number of para-hydroxylation sites is 1. The first-order valence-corrected chi connectivity index (χ1v) is 12.4. The zero-order valence-corrected chi connectivity index (χ0v) is 20.4. The van der Waals surface area contributed by atoms with Gasteiger partial charge in [0.05, 0.1) is 12.0 Å². The first-order chi connectivity index (χ1) is 18.0. The van der Waals surface area contributed by atoms with Crippen LogP contribution in [0.2, 0.25) is 0 Å². The molecule has 0 saturated heterocycles. The van der Waals surface area contributed by atoms with E-state index < -0.39 is 5.97 Å². The molecule has 192 valence electrons. The largest absolute Gasteiger partial charge is 0.490 e. The van der Waals surface area contributed by atoms with Crippen molar-refractivity contribution in [3.05, 3.63) is 90.0 Å². The highest BCUT2D eigenvalue weighted by Crippen LogP contribution is 2.28. The van der Waals surface area contributed by atoms with E-state index in [4.69, 9.17) is 14.6 Å². The smallest absolute Gasteiger partial charge is 0.306 e. The van der Waals surface area contributed by atoms with Crippen molar-refractivity contribution in [2.75, 3.05) is 13.1 Å². The molecule has 0 aromatic heterocycles. The van der Waals surface area contributed by atoms with Gasteiger partial charge < -0.3 is 25.2 Å². The molecule has 0 atom stereocenters. The summed E-state index contributed by atoms with van der Waals surface area (Å²) in [6, 6.07) is 23.1. The van der Waals surface area contributed by atoms with Crippen LogP contribution in [-0.4, -0.2) is 42.1 Å². The van der Waals surface area contributed by atoms with Gasteiger partial charge in [-0.1, -0.05) is 24.3 Å². The van der Waals surface area contributed by atoms with Gasteiger partial charge >= 0.3 is 5.97 Å². The third kappa shape index (κ3) is 7.57. The predicted molar refractivity (Wildman–Crippen MR) is 138 cm³/mol. The molecular formula is C29H30N2O6. The molecule has 3 aromatic carbocycles. The molecule has 3 aromatic rings. The van der Waals surface area contributed by atoms with Crippen molar-refractivity contribution >= 4 is 17.8 Å². The summed E-state index contributed by atoms with van der Waals surface area (Å²) in [5.74, 6) is 0.372. The van der Waals surface area contributed by atoms with E-state index in [1.165, 1.54) is 0 Å². The van der Waals surface area contributed by atoms with Crippen molar-refractivity contribution in [2.24, 2.45) is 5.92 Å². The summed E-state index contributed by atoms with van der Waals surface area (Å²) >= 11 is 0. The number of rotatable bonds is 10. The van der Waals surface area contributed by atoms with E-state index in [1.807, 2.05) is 30.3 Å². The fourth-order valence-corrected chi connectivity index (χ4v) is 4.19. The topological polar surface area (TPSA) is 114 Å². The Morgan fingerprint density at radius 1 is 0.703 bits per heavy atom. The number of ether oxygens (including phenoxy) is 2. The molecule has 0 bridgehead atoms. The summed E-state index contributed by atoms with van der Waals surface area (Å²) < 4.78 is 11.7. The molecule has 0 heterocycles. The standard InChI is InChI=1S/C29H30N2O6/c32-27(20-9-13-24(14-10-20)36-25-15-11-21(12-16-25)29(34)35)30-17-18-31-28(33)22-5-4-8-26(19-22)37-23-6-2-1-3-7-23/h1-10,13-14,19,21,25H,11-12,15-18H2,(H,30,32)(H,31,33)(H,34,35)/t21-,25+. The molecule has 0 radical (unpaired) electrons. The van der Waals surface area contributed by atoms with E-state index >= 15 is 0 Å². The molecule has 1 fully saturated rings. The molecule has 3 N–H and O–H groups in total. The maximum Gasteiger partial charge on any atom is 0.306 e. The Morgan fingerprint density at radius 3 is 1.97 bits per heavy atom. The highest BCUT2D eigenvalue weighted by molar-refractivity contribution is 5.95. The van der Waals surface area contributed by atoms with Gasteiger partial charge in [0.2, 0.25) is 0 Å². The average Bonchev–Trinajstić information content (AvgIpc) is 2.92. The van der Waals surface area contributed by atoms with Gasteiger partial charge in [-0.15, -0.1) is 0 Å². The van der Waals surface area contributed by atoms with Gasteiger partial charge in [-0.25, -0.2) is 0 Å². The average molecular weight is 503 g/mol. The van der Waals surface area contributed by atoms with Crippen LogP contribution >= 0.6 is 0 Å². The van der Waals surface area contributed by atoms with Crippen LogP contribution in [0.25, 0.3) is 0 Å². The summed E-state index contributed by atoms with van der Waals surface area (Å²) in [6.07, 6.45) is 2.63. The van der Waals surface area contributed by atoms with Crippen molar-refractivity contribution in [2.45, 2.75) is 31.8 Å². The Hall–Kier alpha value is -4.33. The van der Waals surface area contributed by atoms with Crippen LogP contribution in [0, 0.1) is 5.92 Å². The van der Waals surface area contributed by atoms with Gasteiger partial charge in [0.15, 0.2) is 0 Å². The first-order valence-electron chi connectivity index (χ1n) is 12.4. The monoisotopic (exact) mass is 502 g/mol. The summed E-state index contributed by atoms with van der Waals surface area (Å²) in [6.45, 7) is 0.546. The normalized spacial score (nSPS) is 16.9. The van der Waals surface area contributed by atoms with E-state index in [2.05, 4.69) is 10.6 Å². The Kier molecular flexibility index (Phi) is 8.75. The van der Waals surface area contributed by atoms with Crippen molar-refractivity contribution in [1.29, 1.82) is 0 Å². The van der Waals surface area contributed by atoms with Crippen LogP contribution in [0.1, 0.15) is 46.4 Å². The number of hydrogen-bond acceptors (Lipinski definition) is 5. The van der Waals surface area contributed by atoms with Crippen molar-refractivity contribution in [1.82, 2.24) is 10.6 Å². The third-order valence-corrected chi connectivity index (χ3v) is 6.21. The van der Waals surface area contributed by atoms with Crippen LogP contribution in [0.3, 0.4) is 0 Å². The van der Waals surface area contributed by atoms with Crippen LogP contribution in [0.4, 0.5) is 0 Å². The number of nitrogens with one attached hydrogen (secondary N) is 2. The van der Waals surface area contributed by atoms with Crippen molar-refractivity contribution in [3.8, 4) is 17.2 Å².